The second kappa shape index (κ2) is 6.10. The number of rotatable bonds is 5. The summed E-state index contributed by atoms with van der Waals surface area (Å²) in [6.45, 7) is 0.716. The van der Waals surface area contributed by atoms with Gasteiger partial charge in [-0.05, 0) is 18.4 Å². The van der Waals surface area contributed by atoms with E-state index in [1.54, 1.807) is 11.9 Å². The molecule has 1 aromatic rings. The molecule has 1 fully saturated rings. The molecule has 1 aliphatic rings. The highest BCUT2D eigenvalue weighted by atomic mass is 32.2. The van der Waals surface area contributed by atoms with Crippen LogP contribution in [0.4, 0.5) is 0 Å². The summed E-state index contributed by atoms with van der Waals surface area (Å²) in [6, 6.07) is 9.53. The Bertz CT molecular complexity index is 463. The summed E-state index contributed by atoms with van der Waals surface area (Å²) in [5, 5.41) is 8.52. The highest BCUT2D eigenvalue weighted by Gasteiger charge is 2.33. The molecule has 102 valence electrons. The molecule has 0 aromatic heterocycles. The molecule has 1 amide bonds. The molecule has 4 nitrogen and oxygen atoms in total. The average Bonchev–Trinajstić information content (AvgIpc) is 2.71. The summed E-state index contributed by atoms with van der Waals surface area (Å²) >= 11 is 1.28. The maximum absolute atomic E-state index is 11.8. The molecule has 0 saturated carbocycles. The minimum Gasteiger partial charge on any atom is -0.480 e. The van der Waals surface area contributed by atoms with E-state index >= 15 is 0 Å². The summed E-state index contributed by atoms with van der Waals surface area (Å²) in [7, 11) is 1.76. The van der Waals surface area contributed by atoms with Crippen molar-refractivity contribution < 1.29 is 14.7 Å². The van der Waals surface area contributed by atoms with Crippen molar-refractivity contribution in [3.63, 3.8) is 0 Å². The van der Waals surface area contributed by atoms with Gasteiger partial charge in [-0.3, -0.25) is 9.59 Å². The van der Waals surface area contributed by atoms with Crippen molar-refractivity contribution in [2.24, 2.45) is 0 Å². The van der Waals surface area contributed by atoms with Gasteiger partial charge >= 0.3 is 5.97 Å². The molecule has 1 aliphatic heterocycles. The van der Waals surface area contributed by atoms with Gasteiger partial charge in [-0.1, -0.05) is 30.3 Å². The number of nitrogens with zero attached hydrogens (tertiary/aromatic N) is 1. The summed E-state index contributed by atoms with van der Waals surface area (Å²) in [5.41, 5.74) is 0.987. The number of thioether (sulfide) groups is 1. The maximum Gasteiger partial charge on any atom is 0.316 e. The Kier molecular flexibility index (Phi) is 4.47. The van der Waals surface area contributed by atoms with Crippen molar-refractivity contribution in [1.82, 2.24) is 4.90 Å². The van der Waals surface area contributed by atoms with E-state index in [0.29, 0.717) is 13.0 Å². The van der Waals surface area contributed by atoms with E-state index in [1.165, 1.54) is 11.8 Å². The highest BCUT2D eigenvalue weighted by molar-refractivity contribution is 8.01. The summed E-state index contributed by atoms with van der Waals surface area (Å²) < 4.78 is 0. The third-order valence-electron chi connectivity index (χ3n) is 3.25. The second-order valence-electron chi connectivity index (χ2n) is 4.69. The number of carboxylic acids is 1. The SMILES string of the molecule is CN1CCC(SC(Cc2ccccc2)C(=O)O)C1=O. The number of aliphatic carboxylic acids is 1. The minimum atomic E-state index is -0.851. The minimum absolute atomic E-state index is 0.0457. The van der Waals surface area contributed by atoms with Crippen LogP contribution < -0.4 is 0 Å². The van der Waals surface area contributed by atoms with Gasteiger partial charge in [0, 0.05) is 13.6 Å². The Morgan fingerprint density at radius 2 is 2.16 bits per heavy atom. The Morgan fingerprint density at radius 1 is 1.47 bits per heavy atom. The molecule has 1 saturated heterocycles. The first kappa shape index (κ1) is 13.9. The lowest BCUT2D eigenvalue weighted by molar-refractivity contribution is -0.136. The van der Waals surface area contributed by atoms with E-state index in [2.05, 4.69) is 0 Å². The zero-order chi connectivity index (χ0) is 13.8. The fourth-order valence-electron chi connectivity index (χ4n) is 2.14. The van der Waals surface area contributed by atoms with Crippen LogP contribution in [-0.2, 0) is 16.0 Å². The third kappa shape index (κ3) is 3.50. The van der Waals surface area contributed by atoms with Crippen molar-refractivity contribution in [1.29, 1.82) is 0 Å². The quantitative estimate of drug-likeness (QED) is 0.890. The maximum atomic E-state index is 11.8. The lowest BCUT2D eigenvalue weighted by Gasteiger charge is -2.16. The fraction of sp³-hybridized carbons (Fsp3) is 0.429. The number of hydrogen-bond acceptors (Lipinski definition) is 3. The zero-order valence-corrected chi connectivity index (χ0v) is 11.6. The first-order valence-corrected chi connectivity index (χ1v) is 7.19. The van der Waals surface area contributed by atoms with Gasteiger partial charge in [0.15, 0.2) is 0 Å². The van der Waals surface area contributed by atoms with Gasteiger partial charge in [-0.15, -0.1) is 11.8 Å². The van der Waals surface area contributed by atoms with Gasteiger partial charge in [0.2, 0.25) is 5.91 Å². The number of benzene rings is 1. The lowest BCUT2D eigenvalue weighted by Crippen LogP contribution is -2.28. The van der Waals surface area contributed by atoms with Crippen LogP contribution in [0.3, 0.4) is 0 Å². The zero-order valence-electron chi connectivity index (χ0n) is 10.8. The lowest BCUT2D eigenvalue weighted by atomic mass is 10.1. The van der Waals surface area contributed by atoms with Crippen LogP contribution in [0.25, 0.3) is 0 Å². The molecule has 1 heterocycles. The molecule has 1 N–H and O–H groups in total. The first-order chi connectivity index (χ1) is 9.08. The molecular weight excluding hydrogens is 262 g/mol. The topological polar surface area (TPSA) is 57.6 Å². The van der Waals surface area contributed by atoms with Crippen LogP contribution in [0.2, 0.25) is 0 Å². The van der Waals surface area contributed by atoms with Crippen molar-refractivity contribution in [2.45, 2.75) is 23.3 Å². The number of carboxylic acid groups (broad SMARTS) is 1. The number of likely N-dealkylation sites (tertiary alicyclic amines) is 1. The van der Waals surface area contributed by atoms with Crippen LogP contribution >= 0.6 is 11.8 Å². The Balaban J connectivity index is 2.01. The predicted molar refractivity (Wildman–Crippen MR) is 75.2 cm³/mol. The molecule has 2 unspecified atom stereocenters. The van der Waals surface area contributed by atoms with E-state index in [9.17, 15) is 14.7 Å². The summed E-state index contributed by atoms with van der Waals surface area (Å²) in [4.78, 5) is 24.8. The Hall–Kier alpha value is -1.49. The molecule has 0 radical (unpaired) electrons. The van der Waals surface area contributed by atoms with Gasteiger partial charge in [0.05, 0.1) is 5.25 Å². The molecule has 2 rings (SSSR count). The number of carbonyl (C=O) groups excluding carboxylic acids is 1. The third-order valence-corrected chi connectivity index (χ3v) is 4.71. The van der Waals surface area contributed by atoms with E-state index < -0.39 is 11.2 Å². The van der Waals surface area contributed by atoms with Gasteiger partial charge in [-0.2, -0.15) is 0 Å². The van der Waals surface area contributed by atoms with Crippen molar-refractivity contribution in [2.75, 3.05) is 13.6 Å². The van der Waals surface area contributed by atoms with Crippen LogP contribution in [0.5, 0.6) is 0 Å². The Labute approximate surface area is 116 Å². The van der Waals surface area contributed by atoms with Crippen molar-refractivity contribution in [3.8, 4) is 0 Å². The van der Waals surface area contributed by atoms with Crippen LogP contribution in [0, 0.1) is 0 Å². The highest BCUT2D eigenvalue weighted by Crippen LogP contribution is 2.29. The van der Waals surface area contributed by atoms with E-state index in [0.717, 1.165) is 12.0 Å². The fourth-order valence-corrected chi connectivity index (χ4v) is 3.48. The molecule has 0 bridgehead atoms. The van der Waals surface area contributed by atoms with Gasteiger partial charge in [0.25, 0.3) is 0 Å². The van der Waals surface area contributed by atoms with Gasteiger partial charge in [0.1, 0.15) is 5.25 Å². The second-order valence-corrected chi connectivity index (χ2v) is 6.10. The van der Waals surface area contributed by atoms with Crippen LogP contribution in [0.1, 0.15) is 12.0 Å². The van der Waals surface area contributed by atoms with E-state index in [4.69, 9.17) is 0 Å². The van der Waals surface area contributed by atoms with Crippen LogP contribution in [-0.4, -0.2) is 46.0 Å². The smallest absolute Gasteiger partial charge is 0.316 e. The van der Waals surface area contributed by atoms with Gasteiger partial charge in [-0.25, -0.2) is 0 Å². The van der Waals surface area contributed by atoms with Crippen LogP contribution in [0.15, 0.2) is 30.3 Å². The molecule has 0 spiro atoms. The molecular formula is C14H17NO3S. The number of amides is 1. The standard InChI is InChI=1S/C14H17NO3S/c1-15-8-7-11(13(15)16)19-12(14(17)18)9-10-5-3-2-4-6-10/h2-6,11-12H,7-9H2,1H3,(H,17,18). The molecule has 0 aliphatic carbocycles. The first-order valence-electron chi connectivity index (χ1n) is 6.25. The predicted octanol–water partition coefficient (Wildman–Crippen LogP) is 1.65. The summed E-state index contributed by atoms with van der Waals surface area (Å²) in [5.74, 6) is -0.805. The molecule has 19 heavy (non-hydrogen) atoms. The van der Waals surface area contributed by atoms with Crippen molar-refractivity contribution in [3.05, 3.63) is 35.9 Å². The van der Waals surface area contributed by atoms with E-state index in [1.807, 2.05) is 30.3 Å². The number of carbonyl (C=O) groups is 2. The van der Waals surface area contributed by atoms with Crippen molar-refractivity contribution >= 4 is 23.6 Å². The Morgan fingerprint density at radius 3 is 2.68 bits per heavy atom. The molecule has 1 aromatic carbocycles. The normalized spacial score (nSPS) is 20.6. The van der Waals surface area contributed by atoms with Gasteiger partial charge < -0.3 is 10.0 Å². The summed E-state index contributed by atoms with van der Waals surface area (Å²) in [6.07, 6.45) is 1.19. The molecule has 2 atom stereocenters. The van der Waals surface area contributed by atoms with E-state index in [-0.39, 0.29) is 11.2 Å². The number of hydrogen-bond donors (Lipinski definition) is 1. The molecule has 5 heteroatoms. The monoisotopic (exact) mass is 279 g/mol. The average molecular weight is 279 g/mol. The largest absolute Gasteiger partial charge is 0.480 e.